The third-order valence-electron chi connectivity index (χ3n) is 3.16. The van der Waals surface area contributed by atoms with Crippen LogP contribution in [0.25, 0.3) is 0 Å². The van der Waals surface area contributed by atoms with Crippen molar-refractivity contribution in [1.82, 2.24) is 5.32 Å². The van der Waals surface area contributed by atoms with Crippen molar-refractivity contribution < 1.29 is 10.2 Å². The highest BCUT2D eigenvalue weighted by Gasteiger charge is 2.07. The van der Waals surface area contributed by atoms with E-state index in [-0.39, 0.29) is 0 Å². The van der Waals surface area contributed by atoms with Gasteiger partial charge < -0.3 is 15.5 Å². The Hall–Kier alpha value is -1.84. The number of benzene rings is 2. The summed E-state index contributed by atoms with van der Waals surface area (Å²) in [7, 11) is 0. The molecule has 0 aromatic heterocycles. The van der Waals surface area contributed by atoms with Crippen molar-refractivity contribution in [3.8, 4) is 5.75 Å². The van der Waals surface area contributed by atoms with Crippen molar-refractivity contribution in [3.05, 3.63) is 65.2 Å². The van der Waals surface area contributed by atoms with Crippen LogP contribution in [-0.4, -0.2) is 16.8 Å². The predicted molar refractivity (Wildman–Crippen MR) is 76.0 cm³/mol. The molecule has 100 valence electrons. The number of hydrogen-bond donors (Lipinski definition) is 3. The molecule has 0 saturated carbocycles. The highest BCUT2D eigenvalue weighted by Crippen LogP contribution is 2.21. The zero-order valence-corrected chi connectivity index (χ0v) is 11.0. The molecule has 0 aliphatic heterocycles. The van der Waals surface area contributed by atoms with E-state index in [4.69, 9.17) is 0 Å². The van der Waals surface area contributed by atoms with E-state index in [1.807, 2.05) is 55.5 Å². The van der Waals surface area contributed by atoms with Gasteiger partial charge in [-0.25, -0.2) is 0 Å². The third kappa shape index (κ3) is 3.56. The lowest BCUT2D eigenvalue weighted by atomic mass is 10.1. The highest BCUT2D eigenvalue weighted by atomic mass is 16.3. The second-order valence-corrected chi connectivity index (χ2v) is 4.64. The molecule has 0 fully saturated rings. The first kappa shape index (κ1) is 13.6. The lowest BCUT2D eigenvalue weighted by molar-refractivity contribution is 0.174. The van der Waals surface area contributed by atoms with Crippen molar-refractivity contribution >= 4 is 0 Å². The van der Waals surface area contributed by atoms with Crippen molar-refractivity contribution in [2.45, 2.75) is 19.6 Å². The van der Waals surface area contributed by atoms with Crippen LogP contribution in [0.5, 0.6) is 5.75 Å². The molecule has 0 amide bonds. The number of aryl methyl sites for hydroxylation is 1. The van der Waals surface area contributed by atoms with Crippen LogP contribution in [0.3, 0.4) is 0 Å². The van der Waals surface area contributed by atoms with Gasteiger partial charge in [0.05, 0.1) is 6.10 Å². The average molecular weight is 257 g/mol. The molecule has 0 aliphatic carbocycles. The average Bonchev–Trinajstić information content (AvgIpc) is 2.44. The van der Waals surface area contributed by atoms with Gasteiger partial charge in [-0.1, -0.05) is 48.5 Å². The maximum absolute atomic E-state index is 10.00. The number of para-hydroxylation sites is 1. The molecule has 2 aromatic rings. The minimum atomic E-state index is -0.534. The highest BCUT2D eigenvalue weighted by molar-refractivity contribution is 5.39. The SMILES string of the molecule is Cc1cccc(CNCC(O)c2ccccc2)c1O. The topological polar surface area (TPSA) is 52.5 Å². The van der Waals surface area contributed by atoms with Crippen LogP contribution < -0.4 is 5.32 Å². The molecule has 3 N–H and O–H groups in total. The standard InChI is InChI=1S/C16H19NO2/c1-12-6-5-9-14(16(12)19)10-17-11-15(18)13-7-3-2-4-8-13/h2-9,15,17-19H,10-11H2,1H3. The molecular weight excluding hydrogens is 238 g/mol. The maximum atomic E-state index is 10.00. The molecule has 0 bridgehead atoms. The second kappa shape index (κ2) is 6.36. The number of rotatable bonds is 5. The fourth-order valence-electron chi connectivity index (χ4n) is 2.00. The Labute approximate surface area is 113 Å². The molecule has 0 spiro atoms. The molecule has 0 radical (unpaired) electrons. The summed E-state index contributed by atoms with van der Waals surface area (Å²) in [6, 6.07) is 15.2. The van der Waals surface area contributed by atoms with Crippen molar-refractivity contribution in [2.75, 3.05) is 6.54 Å². The first-order chi connectivity index (χ1) is 9.18. The van der Waals surface area contributed by atoms with E-state index in [0.717, 1.165) is 16.7 Å². The quantitative estimate of drug-likeness (QED) is 0.771. The van der Waals surface area contributed by atoms with Gasteiger partial charge >= 0.3 is 0 Å². The summed E-state index contributed by atoms with van der Waals surface area (Å²) < 4.78 is 0. The van der Waals surface area contributed by atoms with Crippen LogP contribution >= 0.6 is 0 Å². The van der Waals surface area contributed by atoms with E-state index in [9.17, 15) is 10.2 Å². The summed E-state index contributed by atoms with van der Waals surface area (Å²) in [6.45, 7) is 2.87. The Morgan fingerprint density at radius 1 is 1.05 bits per heavy atom. The van der Waals surface area contributed by atoms with Gasteiger partial charge in [0, 0.05) is 18.7 Å². The van der Waals surface area contributed by atoms with Gasteiger partial charge in [0.2, 0.25) is 0 Å². The van der Waals surface area contributed by atoms with Crippen LogP contribution in [0, 0.1) is 6.92 Å². The minimum absolute atomic E-state index is 0.323. The summed E-state index contributed by atoms with van der Waals surface area (Å²) >= 11 is 0. The molecule has 0 saturated heterocycles. The van der Waals surface area contributed by atoms with Gasteiger partial charge in [-0.15, -0.1) is 0 Å². The molecule has 0 aliphatic rings. The lowest BCUT2D eigenvalue weighted by Gasteiger charge is -2.13. The number of aliphatic hydroxyl groups excluding tert-OH is 1. The van der Waals surface area contributed by atoms with Crippen LogP contribution in [0.1, 0.15) is 22.8 Å². The Morgan fingerprint density at radius 2 is 1.79 bits per heavy atom. The van der Waals surface area contributed by atoms with E-state index < -0.39 is 6.10 Å². The summed E-state index contributed by atoms with van der Waals surface area (Å²) in [6.07, 6.45) is -0.534. The third-order valence-corrected chi connectivity index (χ3v) is 3.16. The van der Waals surface area contributed by atoms with E-state index in [1.165, 1.54) is 0 Å². The Bertz CT molecular complexity index is 526. The number of phenolic OH excluding ortho intramolecular Hbond substituents is 1. The van der Waals surface area contributed by atoms with Gasteiger partial charge in [-0.3, -0.25) is 0 Å². The largest absolute Gasteiger partial charge is 0.507 e. The smallest absolute Gasteiger partial charge is 0.122 e. The van der Waals surface area contributed by atoms with Crippen LogP contribution in [0.4, 0.5) is 0 Å². The van der Waals surface area contributed by atoms with Gasteiger partial charge in [0.25, 0.3) is 0 Å². The number of aromatic hydroxyl groups is 1. The monoisotopic (exact) mass is 257 g/mol. The van der Waals surface area contributed by atoms with Gasteiger partial charge in [0.1, 0.15) is 5.75 Å². The molecule has 19 heavy (non-hydrogen) atoms. The molecule has 3 nitrogen and oxygen atoms in total. The Balaban J connectivity index is 1.88. The Kier molecular flexibility index (Phi) is 4.55. The Morgan fingerprint density at radius 3 is 2.53 bits per heavy atom. The van der Waals surface area contributed by atoms with Crippen LogP contribution in [0.15, 0.2) is 48.5 Å². The van der Waals surface area contributed by atoms with Gasteiger partial charge in [-0.2, -0.15) is 0 Å². The summed E-state index contributed by atoms with van der Waals surface area (Å²) in [5, 5.41) is 23.0. The minimum Gasteiger partial charge on any atom is -0.507 e. The summed E-state index contributed by atoms with van der Waals surface area (Å²) in [5.74, 6) is 0.323. The van der Waals surface area contributed by atoms with Gasteiger partial charge in [-0.05, 0) is 18.1 Å². The first-order valence-electron chi connectivity index (χ1n) is 6.39. The number of nitrogens with one attached hydrogen (secondary N) is 1. The van der Waals surface area contributed by atoms with E-state index in [2.05, 4.69) is 5.32 Å². The van der Waals surface area contributed by atoms with E-state index in [1.54, 1.807) is 0 Å². The first-order valence-corrected chi connectivity index (χ1v) is 6.39. The normalized spacial score (nSPS) is 12.3. The molecular formula is C16H19NO2. The number of aliphatic hydroxyl groups is 1. The zero-order valence-electron chi connectivity index (χ0n) is 11.0. The van der Waals surface area contributed by atoms with Crippen LogP contribution in [0.2, 0.25) is 0 Å². The number of phenols is 1. The van der Waals surface area contributed by atoms with Gasteiger partial charge in [0.15, 0.2) is 0 Å². The second-order valence-electron chi connectivity index (χ2n) is 4.64. The summed E-state index contributed by atoms with van der Waals surface area (Å²) in [4.78, 5) is 0. The summed E-state index contributed by atoms with van der Waals surface area (Å²) in [5.41, 5.74) is 2.60. The molecule has 0 heterocycles. The predicted octanol–water partition coefficient (Wildman–Crippen LogP) is 2.52. The maximum Gasteiger partial charge on any atom is 0.122 e. The fraction of sp³-hybridized carbons (Fsp3) is 0.250. The van der Waals surface area contributed by atoms with E-state index >= 15 is 0 Å². The molecule has 2 rings (SSSR count). The lowest BCUT2D eigenvalue weighted by Crippen LogP contribution is -2.21. The molecule has 1 unspecified atom stereocenters. The number of hydrogen-bond acceptors (Lipinski definition) is 3. The van der Waals surface area contributed by atoms with Crippen LogP contribution in [-0.2, 0) is 6.54 Å². The van der Waals surface area contributed by atoms with Crippen molar-refractivity contribution in [1.29, 1.82) is 0 Å². The fourth-order valence-corrected chi connectivity index (χ4v) is 2.00. The van der Waals surface area contributed by atoms with Crippen molar-refractivity contribution in [2.24, 2.45) is 0 Å². The molecule has 2 aromatic carbocycles. The zero-order chi connectivity index (χ0) is 13.7. The van der Waals surface area contributed by atoms with Crippen molar-refractivity contribution in [3.63, 3.8) is 0 Å². The molecule has 3 heteroatoms. The van der Waals surface area contributed by atoms with E-state index in [0.29, 0.717) is 18.8 Å². The molecule has 1 atom stereocenters.